The second-order valence-electron chi connectivity index (χ2n) is 10.3. The van der Waals surface area contributed by atoms with E-state index in [1.54, 1.807) is 12.3 Å². The van der Waals surface area contributed by atoms with E-state index in [0.717, 1.165) is 22.6 Å². The monoisotopic (exact) mass is 536 g/mol. The zero-order valence-corrected chi connectivity index (χ0v) is 22.0. The number of ether oxygens (including phenoxy) is 1. The van der Waals surface area contributed by atoms with Gasteiger partial charge in [-0.2, -0.15) is 0 Å². The van der Waals surface area contributed by atoms with Crippen LogP contribution in [0.1, 0.15) is 55.7 Å². The third-order valence-corrected chi connectivity index (χ3v) is 8.28. The Hall–Kier alpha value is -3.22. The van der Waals surface area contributed by atoms with Crippen LogP contribution in [-0.4, -0.2) is 17.1 Å². The molecule has 1 heterocycles. The summed E-state index contributed by atoms with van der Waals surface area (Å²) in [6, 6.07) is 17.0. The van der Waals surface area contributed by atoms with Crippen molar-refractivity contribution < 1.29 is 13.5 Å². The standard InChI is InChI=1S/C31H31ClF2N2O2/c1-2-29(35)31(21-13-22(33)15-23(34)14-21)10-8-24(9-11-31)38-28-17-25-20(12-19-6-4-3-5-7-19)18-36-30(37)26(25)16-27(28)32/h3-7,13-18,24,29H,2,8-12,35H2,1H3,(H,36,37)/t24-,29-,31-/m1/s1. The first-order chi connectivity index (χ1) is 18.3. The largest absolute Gasteiger partial charge is 0.489 e. The SMILES string of the molecule is CC[C@@H](N)[C@]1(c2cc(F)cc(F)c2)CC[C@@H](Oc2cc3c(Cc4ccccc4)c[nH]c(=O)c3cc2Cl)CC1. The van der Waals surface area contributed by atoms with Gasteiger partial charge in [0.05, 0.1) is 11.1 Å². The number of nitrogens with one attached hydrogen (secondary N) is 1. The lowest BCUT2D eigenvalue weighted by atomic mass is 9.64. The maximum Gasteiger partial charge on any atom is 0.255 e. The minimum absolute atomic E-state index is 0.139. The van der Waals surface area contributed by atoms with Crippen molar-refractivity contribution >= 4 is 22.4 Å². The first-order valence-electron chi connectivity index (χ1n) is 13.1. The molecule has 0 amide bonds. The van der Waals surface area contributed by atoms with Crippen molar-refractivity contribution in [3.8, 4) is 5.75 Å². The van der Waals surface area contributed by atoms with Crippen molar-refractivity contribution in [3.63, 3.8) is 0 Å². The maximum atomic E-state index is 14.1. The Morgan fingerprint density at radius 3 is 2.39 bits per heavy atom. The minimum atomic E-state index is -0.592. The number of hydrogen-bond donors (Lipinski definition) is 2. The molecule has 3 N–H and O–H groups in total. The molecular weight excluding hydrogens is 506 g/mol. The highest BCUT2D eigenvalue weighted by Gasteiger charge is 2.42. The summed E-state index contributed by atoms with van der Waals surface area (Å²) in [5.41, 5.74) is 8.53. The van der Waals surface area contributed by atoms with Crippen molar-refractivity contribution in [2.75, 3.05) is 0 Å². The first-order valence-corrected chi connectivity index (χ1v) is 13.4. The highest BCUT2D eigenvalue weighted by atomic mass is 35.5. The van der Waals surface area contributed by atoms with Crippen molar-refractivity contribution in [2.45, 2.75) is 63.0 Å². The van der Waals surface area contributed by atoms with Crippen molar-refractivity contribution in [1.82, 2.24) is 4.98 Å². The molecule has 0 spiro atoms. The highest BCUT2D eigenvalue weighted by molar-refractivity contribution is 6.32. The number of benzene rings is 3. The third-order valence-electron chi connectivity index (χ3n) is 7.98. The van der Waals surface area contributed by atoms with Crippen molar-refractivity contribution in [1.29, 1.82) is 0 Å². The predicted octanol–water partition coefficient (Wildman–Crippen LogP) is 7.05. The number of pyridine rings is 1. The van der Waals surface area contributed by atoms with Crippen LogP contribution in [0.3, 0.4) is 0 Å². The molecule has 1 fully saturated rings. The van der Waals surface area contributed by atoms with E-state index < -0.39 is 17.0 Å². The van der Waals surface area contributed by atoms with Crippen molar-refractivity contribution in [3.05, 3.63) is 111 Å². The molecule has 0 aliphatic heterocycles. The first kappa shape index (κ1) is 26.4. The second kappa shape index (κ2) is 10.9. The van der Waals surface area contributed by atoms with E-state index in [2.05, 4.69) is 4.98 Å². The van der Waals surface area contributed by atoms with E-state index in [-0.39, 0.29) is 17.7 Å². The molecule has 1 aromatic heterocycles. The fraction of sp³-hybridized carbons (Fsp3) is 0.323. The zero-order valence-electron chi connectivity index (χ0n) is 21.3. The smallest absolute Gasteiger partial charge is 0.255 e. The van der Waals surface area contributed by atoms with Gasteiger partial charge in [0.2, 0.25) is 0 Å². The normalized spacial score (nSPS) is 20.4. The molecule has 4 nitrogen and oxygen atoms in total. The third kappa shape index (κ3) is 5.20. The minimum Gasteiger partial charge on any atom is -0.489 e. The summed E-state index contributed by atoms with van der Waals surface area (Å²) in [4.78, 5) is 15.4. The molecule has 198 valence electrons. The second-order valence-corrected chi connectivity index (χ2v) is 10.7. The molecule has 5 rings (SSSR count). The molecule has 1 atom stereocenters. The van der Waals surface area contributed by atoms with E-state index in [1.165, 1.54) is 12.1 Å². The summed E-state index contributed by atoms with van der Waals surface area (Å²) in [5.74, 6) is -0.663. The van der Waals surface area contributed by atoms with Gasteiger partial charge in [-0.25, -0.2) is 8.78 Å². The number of nitrogens with two attached hydrogens (primary N) is 1. The van der Waals surface area contributed by atoms with Crippen LogP contribution in [0.15, 0.2) is 71.7 Å². The van der Waals surface area contributed by atoms with Crippen LogP contribution in [0.5, 0.6) is 5.75 Å². The summed E-state index contributed by atoms with van der Waals surface area (Å²) in [7, 11) is 0. The average Bonchev–Trinajstić information content (AvgIpc) is 2.91. The van der Waals surface area contributed by atoms with E-state index in [4.69, 9.17) is 22.1 Å². The van der Waals surface area contributed by atoms with Gasteiger partial charge in [0, 0.05) is 29.1 Å². The van der Waals surface area contributed by atoms with Gasteiger partial charge < -0.3 is 15.5 Å². The number of halogens is 3. The predicted molar refractivity (Wildman–Crippen MR) is 148 cm³/mol. The van der Waals surface area contributed by atoms with Crippen LogP contribution in [-0.2, 0) is 11.8 Å². The lowest BCUT2D eigenvalue weighted by Gasteiger charge is -2.44. The summed E-state index contributed by atoms with van der Waals surface area (Å²) in [6.07, 6.45) is 5.55. The molecule has 3 aromatic carbocycles. The zero-order chi connectivity index (χ0) is 26.9. The highest BCUT2D eigenvalue weighted by Crippen LogP contribution is 2.44. The number of aromatic nitrogens is 1. The van der Waals surface area contributed by atoms with Crippen LogP contribution in [0, 0.1) is 11.6 Å². The summed E-state index contributed by atoms with van der Waals surface area (Å²) in [6.45, 7) is 1.99. The summed E-state index contributed by atoms with van der Waals surface area (Å²) in [5, 5.41) is 1.68. The van der Waals surface area contributed by atoms with Gasteiger partial charge in [-0.15, -0.1) is 0 Å². The molecule has 0 bridgehead atoms. The van der Waals surface area contributed by atoms with Crippen LogP contribution in [0.25, 0.3) is 10.8 Å². The van der Waals surface area contributed by atoms with Crippen LogP contribution in [0.4, 0.5) is 8.78 Å². The van der Waals surface area contributed by atoms with E-state index in [9.17, 15) is 13.6 Å². The molecular formula is C31H31ClF2N2O2. The molecule has 0 radical (unpaired) electrons. The molecule has 1 aliphatic rings. The Bertz CT molecular complexity index is 1480. The van der Waals surface area contributed by atoms with Gasteiger partial charge in [0.25, 0.3) is 5.56 Å². The quantitative estimate of drug-likeness (QED) is 0.266. The summed E-state index contributed by atoms with van der Waals surface area (Å²) < 4.78 is 34.6. The molecule has 4 aromatic rings. The Balaban J connectivity index is 1.41. The van der Waals surface area contributed by atoms with Gasteiger partial charge in [-0.1, -0.05) is 48.9 Å². The Morgan fingerprint density at radius 2 is 1.74 bits per heavy atom. The average molecular weight is 537 g/mol. The molecule has 1 saturated carbocycles. The van der Waals surface area contributed by atoms with Gasteiger partial charge in [0.1, 0.15) is 17.4 Å². The maximum absolute atomic E-state index is 14.1. The number of hydrogen-bond acceptors (Lipinski definition) is 3. The van der Waals surface area contributed by atoms with Gasteiger partial charge in [-0.3, -0.25) is 4.79 Å². The summed E-state index contributed by atoms with van der Waals surface area (Å²) >= 11 is 6.59. The number of H-pyrrole nitrogens is 1. The number of rotatable bonds is 7. The topological polar surface area (TPSA) is 68.1 Å². The fourth-order valence-electron chi connectivity index (χ4n) is 5.88. The van der Waals surface area contributed by atoms with Crippen LogP contribution < -0.4 is 16.0 Å². The lowest BCUT2D eigenvalue weighted by Crippen LogP contribution is -2.49. The van der Waals surface area contributed by atoms with Gasteiger partial charge in [-0.05, 0) is 84.9 Å². The number of fused-ring (bicyclic) bond motifs is 1. The van der Waals surface area contributed by atoms with Gasteiger partial charge >= 0.3 is 0 Å². The van der Waals surface area contributed by atoms with Crippen LogP contribution >= 0.6 is 11.6 Å². The lowest BCUT2D eigenvalue weighted by molar-refractivity contribution is 0.103. The molecule has 38 heavy (non-hydrogen) atoms. The molecule has 7 heteroatoms. The van der Waals surface area contributed by atoms with E-state index in [0.29, 0.717) is 60.2 Å². The molecule has 0 unspecified atom stereocenters. The Morgan fingerprint density at radius 1 is 1.05 bits per heavy atom. The van der Waals surface area contributed by atoms with Crippen molar-refractivity contribution in [2.24, 2.45) is 5.73 Å². The van der Waals surface area contributed by atoms with E-state index >= 15 is 0 Å². The van der Waals surface area contributed by atoms with Crippen LogP contribution in [0.2, 0.25) is 5.02 Å². The molecule has 1 aliphatic carbocycles. The number of aromatic amines is 1. The molecule has 0 saturated heterocycles. The Kier molecular flexibility index (Phi) is 7.55. The van der Waals surface area contributed by atoms with Gasteiger partial charge in [0.15, 0.2) is 0 Å². The fourth-order valence-corrected chi connectivity index (χ4v) is 6.09. The van der Waals surface area contributed by atoms with E-state index in [1.807, 2.05) is 43.3 Å². The Labute approximate surface area is 225 Å².